The smallest absolute Gasteiger partial charge is 0.158 e. The van der Waals surface area contributed by atoms with E-state index in [1.54, 1.807) is 0 Å². The molecule has 2 heterocycles. The third-order valence-corrected chi connectivity index (χ3v) is 3.58. The van der Waals surface area contributed by atoms with Gasteiger partial charge in [0.25, 0.3) is 0 Å². The van der Waals surface area contributed by atoms with Gasteiger partial charge in [-0.15, -0.1) is 11.6 Å². The highest BCUT2D eigenvalue weighted by Crippen LogP contribution is 2.19. The monoisotopic (exact) mass is 298 g/mol. The summed E-state index contributed by atoms with van der Waals surface area (Å²) < 4.78 is 9.74. The lowest BCUT2D eigenvalue weighted by Crippen LogP contribution is -2.12. The number of nitrogens with zero attached hydrogens (tertiary/aromatic N) is 4. The van der Waals surface area contributed by atoms with E-state index in [-0.39, 0.29) is 0 Å². The van der Waals surface area contributed by atoms with Crippen molar-refractivity contribution in [1.82, 2.24) is 19.3 Å². The van der Waals surface area contributed by atoms with Crippen molar-refractivity contribution >= 4 is 22.8 Å². The van der Waals surface area contributed by atoms with Crippen molar-refractivity contribution in [3.63, 3.8) is 0 Å². The third kappa shape index (κ3) is 3.15. The van der Waals surface area contributed by atoms with Crippen LogP contribution in [0.3, 0.4) is 0 Å². The Kier molecular flexibility index (Phi) is 5.43. The molecule has 0 atom stereocenters. The zero-order chi connectivity index (χ0) is 14.5. The van der Waals surface area contributed by atoms with Crippen molar-refractivity contribution in [2.75, 3.05) is 19.1 Å². The van der Waals surface area contributed by atoms with Crippen LogP contribution in [0, 0.1) is 6.92 Å². The van der Waals surface area contributed by atoms with Gasteiger partial charge in [-0.2, -0.15) is 5.10 Å². The lowest BCUT2D eigenvalue weighted by Gasteiger charge is -2.09. The molecule has 0 aliphatic heterocycles. The predicted molar refractivity (Wildman–Crippen MR) is 81.4 cm³/mol. The number of alkyl halides is 1. The molecule has 0 unspecified atom stereocenters. The first kappa shape index (κ1) is 15.3. The molecular weight excluding hydrogens is 276 g/mol. The van der Waals surface area contributed by atoms with E-state index in [2.05, 4.69) is 21.6 Å². The van der Waals surface area contributed by atoms with E-state index in [9.17, 15) is 0 Å². The van der Waals surface area contributed by atoms with Crippen molar-refractivity contribution in [3.8, 4) is 0 Å². The Morgan fingerprint density at radius 1 is 1.30 bits per heavy atom. The summed E-state index contributed by atoms with van der Waals surface area (Å²) in [6.45, 7) is 6.47. The molecule has 0 N–H and O–H groups in total. The zero-order valence-corrected chi connectivity index (χ0v) is 13.3. The first-order chi connectivity index (χ1) is 9.69. The minimum absolute atomic E-state index is 0.576. The van der Waals surface area contributed by atoms with Crippen LogP contribution in [-0.4, -0.2) is 38.4 Å². The second-order valence-corrected chi connectivity index (χ2v) is 5.34. The van der Waals surface area contributed by atoms with Crippen molar-refractivity contribution in [2.45, 2.75) is 39.7 Å². The summed E-state index contributed by atoms with van der Waals surface area (Å²) in [5.41, 5.74) is 2.99. The van der Waals surface area contributed by atoms with E-state index in [4.69, 9.17) is 16.3 Å². The minimum atomic E-state index is 0.576. The van der Waals surface area contributed by atoms with Gasteiger partial charge in [-0.1, -0.05) is 13.3 Å². The van der Waals surface area contributed by atoms with Gasteiger partial charge in [-0.05, 0) is 13.3 Å². The maximum Gasteiger partial charge on any atom is 0.158 e. The van der Waals surface area contributed by atoms with Crippen LogP contribution in [0.1, 0.15) is 31.3 Å². The van der Waals surface area contributed by atoms with Crippen molar-refractivity contribution < 1.29 is 4.74 Å². The standard InChI is InChI=1S/C14H23ClN4O/c1-4-5-9-20-10-8-19-12(6-7-15)16-13-11(2)17-18(3)14(13)19/h4-10H2,1-3H3. The third-order valence-electron chi connectivity index (χ3n) is 3.39. The molecule has 0 bridgehead atoms. The Labute approximate surface area is 124 Å². The van der Waals surface area contributed by atoms with E-state index < -0.39 is 0 Å². The van der Waals surface area contributed by atoms with Crippen LogP contribution in [0.15, 0.2) is 0 Å². The Bertz CT molecular complexity index is 561. The number of halogens is 1. The van der Waals surface area contributed by atoms with Crippen LogP contribution in [-0.2, 0) is 24.8 Å². The lowest BCUT2D eigenvalue weighted by atomic mass is 10.4. The molecule has 0 aromatic carbocycles. The van der Waals surface area contributed by atoms with Gasteiger partial charge in [-0.25, -0.2) is 4.98 Å². The fraction of sp³-hybridized carbons (Fsp3) is 0.714. The quantitative estimate of drug-likeness (QED) is 0.556. The SMILES string of the molecule is CCCCOCCn1c(CCCl)nc2c(C)nn(C)c21. The van der Waals surface area contributed by atoms with Crippen LogP contribution in [0.25, 0.3) is 11.2 Å². The average Bonchev–Trinajstić information content (AvgIpc) is 2.90. The van der Waals surface area contributed by atoms with Gasteiger partial charge in [-0.3, -0.25) is 4.68 Å². The van der Waals surface area contributed by atoms with Crippen LogP contribution >= 0.6 is 11.6 Å². The molecule has 0 aliphatic rings. The molecule has 0 saturated carbocycles. The Morgan fingerprint density at radius 2 is 2.10 bits per heavy atom. The van der Waals surface area contributed by atoms with Gasteiger partial charge in [0, 0.05) is 32.5 Å². The predicted octanol–water partition coefficient (Wildman–Crippen LogP) is 2.68. The largest absolute Gasteiger partial charge is 0.380 e. The van der Waals surface area contributed by atoms with Gasteiger partial charge in [0.2, 0.25) is 0 Å². The molecule has 20 heavy (non-hydrogen) atoms. The fourth-order valence-corrected chi connectivity index (χ4v) is 2.56. The Hall–Kier alpha value is -1.07. The molecular formula is C14H23ClN4O. The van der Waals surface area contributed by atoms with Crippen LogP contribution in [0.4, 0.5) is 0 Å². The van der Waals surface area contributed by atoms with Gasteiger partial charge in [0.1, 0.15) is 11.3 Å². The normalized spacial score (nSPS) is 11.6. The Balaban J connectivity index is 2.17. The van der Waals surface area contributed by atoms with Crippen LogP contribution in [0.5, 0.6) is 0 Å². The molecule has 0 fully saturated rings. The number of rotatable bonds is 8. The summed E-state index contributed by atoms with van der Waals surface area (Å²) in [6.07, 6.45) is 3.04. The maximum atomic E-state index is 5.88. The van der Waals surface area contributed by atoms with E-state index in [1.165, 1.54) is 0 Å². The van der Waals surface area contributed by atoms with Gasteiger partial charge in [0.05, 0.1) is 12.3 Å². The number of hydrogen-bond acceptors (Lipinski definition) is 3. The number of unbranched alkanes of at least 4 members (excludes halogenated alkanes) is 1. The second-order valence-electron chi connectivity index (χ2n) is 4.97. The number of hydrogen-bond donors (Lipinski definition) is 0. The molecule has 2 aromatic heterocycles. The first-order valence-electron chi connectivity index (χ1n) is 7.21. The first-order valence-corrected chi connectivity index (χ1v) is 7.74. The van der Waals surface area contributed by atoms with Gasteiger partial charge < -0.3 is 9.30 Å². The molecule has 2 aromatic rings. The van der Waals surface area contributed by atoms with Crippen molar-refractivity contribution in [2.24, 2.45) is 7.05 Å². The van der Waals surface area contributed by atoms with Crippen LogP contribution < -0.4 is 0 Å². The van der Waals surface area contributed by atoms with Crippen molar-refractivity contribution in [1.29, 1.82) is 0 Å². The van der Waals surface area contributed by atoms with Gasteiger partial charge in [0.15, 0.2) is 5.65 Å². The number of ether oxygens (including phenoxy) is 1. The average molecular weight is 299 g/mol. The molecule has 0 aliphatic carbocycles. The second kappa shape index (κ2) is 7.09. The van der Waals surface area contributed by atoms with E-state index >= 15 is 0 Å². The highest BCUT2D eigenvalue weighted by Gasteiger charge is 2.16. The molecule has 0 saturated heterocycles. The highest BCUT2D eigenvalue weighted by molar-refractivity contribution is 6.17. The van der Waals surface area contributed by atoms with Gasteiger partial charge >= 0.3 is 0 Å². The van der Waals surface area contributed by atoms with E-state index in [1.807, 2.05) is 18.7 Å². The van der Waals surface area contributed by atoms with Crippen molar-refractivity contribution in [3.05, 3.63) is 11.5 Å². The topological polar surface area (TPSA) is 44.9 Å². The number of imidazole rings is 1. The fourth-order valence-electron chi connectivity index (χ4n) is 2.39. The zero-order valence-electron chi connectivity index (χ0n) is 12.5. The summed E-state index contributed by atoms with van der Waals surface area (Å²) in [7, 11) is 1.95. The highest BCUT2D eigenvalue weighted by atomic mass is 35.5. The van der Waals surface area contributed by atoms with Crippen LogP contribution in [0.2, 0.25) is 0 Å². The number of aryl methyl sites for hydroxylation is 3. The van der Waals surface area contributed by atoms with E-state index in [0.717, 1.165) is 55.1 Å². The number of aromatic nitrogens is 4. The summed E-state index contributed by atoms with van der Waals surface area (Å²) >= 11 is 5.88. The number of fused-ring (bicyclic) bond motifs is 1. The molecule has 112 valence electrons. The Morgan fingerprint density at radius 3 is 2.80 bits per heavy atom. The molecule has 0 spiro atoms. The molecule has 5 nitrogen and oxygen atoms in total. The molecule has 6 heteroatoms. The molecule has 0 radical (unpaired) electrons. The summed E-state index contributed by atoms with van der Waals surface area (Å²) in [6, 6.07) is 0. The van der Waals surface area contributed by atoms with E-state index in [0.29, 0.717) is 12.5 Å². The summed E-state index contributed by atoms with van der Waals surface area (Å²) in [5, 5.41) is 4.43. The maximum absolute atomic E-state index is 5.88. The summed E-state index contributed by atoms with van der Waals surface area (Å²) in [4.78, 5) is 4.68. The summed E-state index contributed by atoms with van der Waals surface area (Å²) in [5.74, 6) is 1.59. The minimum Gasteiger partial charge on any atom is -0.380 e. The molecule has 2 rings (SSSR count). The molecule has 0 amide bonds. The lowest BCUT2D eigenvalue weighted by molar-refractivity contribution is 0.123.